The van der Waals surface area contributed by atoms with Crippen LogP contribution in [0.3, 0.4) is 0 Å². The lowest BCUT2D eigenvalue weighted by Gasteiger charge is -2.30. The van der Waals surface area contributed by atoms with Gasteiger partial charge < -0.3 is 4.74 Å². The first-order chi connectivity index (χ1) is 8.09. The van der Waals surface area contributed by atoms with Gasteiger partial charge in [0.2, 0.25) is 0 Å². The van der Waals surface area contributed by atoms with Gasteiger partial charge in [-0.15, -0.1) is 0 Å². The monoisotopic (exact) mass is 238 g/mol. The lowest BCUT2D eigenvalue weighted by atomic mass is 9.88. The van der Waals surface area contributed by atoms with Gasteiger partial charge in [0.25, 0.3) is 0 Å². The highest BCUT2D eigenvalue weighted by atomic mass is 16.5. The summed E-state index contributed by atoms with van der Waals surface area (Å²) in [5.74, 6) is 0.769. The molecule has 98 valence electrons. The number of nitrogens with one attached hydrogen (secondary N) is 1. The third-order valence-electron chi connectivity index (χ3n) is 3.51. The average Bonchev–Trinajstić information content (AvgIpc) is 2.34. The predicted molar refractivity (Wildman–Crippen MR) is 69.7 cm³/mol. The molecule has 1 fully saturated rings. The molecule has 3 nitrogen and oxygen atoms in total. The number of ether oxygens (including phenoxy) is 1. The normalized spacial score (nSPS) is 28.4. The van der Waals surface area contributed by atoms with Crippen molar-refractivity contribution < 1.29 is 4.74 Å². The molecule has 1 aliphatic rings. The molecular weight excluding hydrogens is 212 g/mol. The van der Waals surface area contributed by atoms with Gasteiger partial charge in [0.05, 0.1) is 18.8 Å². The van der Waals surface area contributed by atoms with Crippen LogP contribution in [0.5, 0.6) is 0 Å². The van der Waals surface area contributed by atoms with E-state index in [-0.39, 0.29) is 0 Å². The van der Waals surface area contributed by atoms with E-state index in [2.05, 4.69) is 25.2 Å². The SMILES string of the molecule is CCCNC(C)(C#N)COC1CCCC(C)C1. The summed E-state index contributed by atoms with van der Waals surface area (Å²) in [5, 5.41) is 12.5. The average molecular weight is 238 g/mol. The molecule has 0 spiro atoms. The van der Waals surface area contributed by atoms with E-state index in [1.54, 1.807) is 0 Å². The third kappa shape index (κ3) is 5.06. The van der Waals surface area contributed by atoms with Crippen molar-refractivity contribution in [3.05, 3.63) is 0 Å². The fourth-order valence-electron chi connectivity index (χ4n) is 2.34. The van der Waals surface area contributed by atoms with Crippen molar-refractivity contribution in [1.82, 2.24) is 5.32 Å². The molecule has 17 heavy (non-hydrogen) atoms. The molecule has 3 atom stereocenters. The molecular formula is C14H26N2O. The van der Waals surface area contributed by atoms with Crippen molar-refractivity contribution in [2.24, 2.45) is 5.92 Å². The highest BCUT2D eigenvalue weighted by molar-refractivity contribution is 5.04. The summed E-state index contributed by atoms with van der Waals surface area (Å²) in [5.41, 5.74) is -0.531. The maximum absolute atomic E-state index is 9.20. The number of nitriles is 1. The van der Waals surface area contributed by atoms with Crippen LogP contribution in [0, 0.1) is 17.2 Å². The summed E-state index contributed by atoms with van der Waals surface area (Å²) >= 11 is 0. The van der Waals surface area contributed by atoms with Gasteiger partial charge in [0.15, 0.2) is 0 Å². The van der Waals surface area contributed by atoms with Gasteiger partial charge in [0, 0.05) is 0 Å². The minimum absolute atomic E-state index is 0.356. The topological polar surface area (TPSA) is 45.0 Å². The van der Waals surface area contributed by atoms with Gasteiger partial charge in [-0.25, -0.2) is 0 Å². The van der Waals surface area contributed by atoms with Gasteiger partial charge in [-0.05, 0) is 38.6 Å². The van der Waals surface area contributed by atoms with Crippen molar-refractivity contribution in [1.29, 1.82) is 5.26 Å². The molecule has 0 heterocycles. The van der Waals surface area contributed by atoms with E-state index < -0.39 is 5.54 Å². The summed E-state index contributed by atoms with van der Waals surface area (Å²) < 4.78 is 5.92. The second kappa shape index (κ2) is 6.98. The van der Waals surface area contributed by atoms with E-state index in [4.69, 9.17) is 4.74 Å². The Hall–Kier alpha value is -0.590. The van der Waals surface area contributed by atoms with E-state index in [1.807, 2.05) is 6.92 Å². The van der Waals surface area contributed by atoms with E-state index in [0.29, 0.717) is 12.7 Å². The van der Waals surface area contributed by atoms with Crippen LogP contribution in [0.25, 0.3) is 0 Å². The highest BCUT2D eigenvalue weighted by Crippen LogP contribution is 2.26. The molecule has 0 aromatic carbocycles. The minimum Gasteiger partial charge on any atom is -0.375 e. The molecule has 0 bridgehead atoms. The van der Waals surface area contributed by atoms with Crippen molar-refractivity contribution in [2.45, 2.75) is 64.5 Å². The van der Waals surface area contributed by atoms with Crippen LogP contribution in [0.2, 0.25) is 0 Å². The zero-order chi connectivity index (χ0) is 12.7. The van der Waals surface area contributed by atoms with Crippen LogP contribution < -0.4 is 5.32 Å². The van der Waals surface area contributed by atoms with Crippen molar-refractivity contribution in [2.75, 3.05) is 13.2 Å². The molecule has 3 heteroatoms. The van der Waals surface area contributed by atoms with Crippen LogP contribution >= 0.6 is 0 Å². The molecule has 1 aliphatic carbocycles. The highest BCUT2D eigenvalue weighted by Gasteiger charge is 2.26. The molecule has 0 saturated heterocycles. The standard InChI is InChI=1S/C14H26N2O/c1-4-8-16-14(3,10-15)11-17-13-7-5-6-12(2)9-13/h12-13,16H,4-9,11H2,1-3H3. The Bertz CT molecular complexity index is 261. The first kappa shape index (κ1) is 14.5. The van der Waals surface area contributed by atoms with E-state index in [9.17, 15) is 5.26 Å². The third-order valence-corrected chi connectivity index (χ3v) is 3.51. The Labute approximate surface area is 106 Å². The predicted octanol–water partition coefficient (Wildman–Crippen LogP) is 2.86. The lowest BCUT2D eigenvalue weighted by molar-refractivity contribution is -0.00422. The Morgan fingerprint density at radius 2 is 2.24 bits per heavy atom. The van der Waals surface area contributed by atoms with Crippen LogP contribution in [-0.2, 0) is 4.74 Å². The Morgan fingerprint density at radius 3 is 2.82 bits per heavy atom. The number of hydrogen-bond acceptors (Lipinski definition) is 3. The molecule has 0 aromatic rings. The Morgan fingerprint density at radius 1 is 1.47 bits per heavy atom. The molecule has 0 radical (unpaired) electrons. The Balaban J connectivity index is 2.34. The van der Waals surface area contributed by atoms with Crippen LogP contribution in [0.15, 0.2) is 0 Å². The Kier molecular flexibility index (Phi) is 5.94. The van der Waals surface area contributed by atoms with Gasteiger partial charge in [0.1, 0.15) is 5.54 Å². The van der Waals surface area contributed by atoms with Gasteiger partial charge in [-0.3, -0.25) is 5.32 Å². The fraction of sp³-hybridized carbons (Fsp3) is 0.929. The number of rotatable bonds is 6. The zero-order valence-corrected chi connectivity index (χ0v) is 11.5. The molecule has 1 N–H and O–H groups in total. The van der Waals surface area contributed by atoms with Crippen molar-refractivity contribution >= 4 is 0 Å². The molecule has 3 unspecified atom stereocenters. The summed E-state index contributed by atoms with van der Waals surface area (Å²) in [6.45, 7) is 7.69. The van der Waals surface area contributed by atoms with Crippen molar-refractivity contribution in [3.8, 4) is 6.07 Å². The molecule has 1 saturated carbocycles. The summed E-state index contributed by atoms with van der Waals surface area (Å²) in [4.78, 5) is 0. The first-order valence-electron chi connectivity index (χ1n) is 6.87. The van der Waals surface area contributed by atoms with Crippen LogP contribution in [-0.4, -0.2) is 24.8 Å². The lowest BCUT2D eigenvalue weighted by Crippen LogP contribution is -2.46. The molecule has 1 rings (SSSR count). The smallest absolute Gasteiger partial charge is 0.127 e. The van der Waals surface area contributed by atoms with Gasteiger partial charge in [-0.2, -0.15) is 5.26 Å². The maximum atomic E-state index is 9.20. The maximum Gasteiger partial charge on any atom is 0.127 e. The molecule has 0 aliphatic heterocycles. The summed E-state index contributed by atoms with van der Waals surface area (Å²) in [7, 11) is 0. The fourth-order valence-corrected chi connectivity index (χ4v) is 2.34. The first-order valence-corrected chi connectivity index (χ1v) is 6.87. The van der Waals surface area contributed by atoms with E-state index in [0.717, 1.165) is 31.7 Å². The van der Waals surface area contributed by atoms with Crippen LogP contribution in [0.4, 0.5) is 0 Å². The second-order valence-electron chi connectivity index (χ2n) is 5.58. The van der Waals surface area contributed by atoms with Crippen LogP contribution in [0.1, 0.15) is 52.9 Å². The zero-order valence-electron chi connectivity index (χ0n) is 11.5. The largest absolute Gasteiger partial charge is 0.375 e. The quantitative estimate of drug-likeness (QED) is 0.774. The molecule has 0 aromatic heterocycles. The van der Waals surface area contributed by atoms with Gasteiger partial charge >= 0.3 is 0 Å². The summed E-state index contributed by atoms with van der Waals surface area (Å²) in [6, 6.07) is 2.33. The molecule has 0 amide bonds. The van der Waals surface area contributed by atoms with Crippen molar-refractivity contribution in [3.63, 3.8) is 0 Å². The second-order valence-corrected chi connectivity index (χ2v) is 5.58. The number of nitrogens with zero attached hydrogens (tertiary/aromatic N) is 1. The van der Waals surface area contributed by atoms with E-state index in [1.165, 1.54) is 12.8 Å². The van der Waals surface area contributed by atoms with Gasteiger partial charge in [-0.1, -0.05) is 26.7 Å². The number of hydrogen-bond donors (Lipinski definition) is 1. The minimum atomic E-state index is -0.531. The van der Waals surface area contributed by atoms with E-state index >= 15 is 0 Å². The summed E-state index contributed by atoms with van der Waals surface area (Å²) in [6.07, 6.45) is 6.28.